The molecule has 0 atom stereocenters. The fourth-order valence-electron chi connectivity index (χ4n) is 0.663. The van der Waals surface area contributed by atoms with Crippen LogP contribution in [0.2, 0.25) is 5.02 Å². The molecule has 15 heavy (non-hydrogen) atoms. The summed E-state index contributed by atoms with van der Waals surface area (Å²) in [6.45, 7) is 4.36. The first-order valence-electron chi connectivity index (χ1n) is 4.71. The van der Waals surface area contributed by atoms with Crippen molar-refractivity contribution in [2.45, 2.75) is 26.7 Å². The number of phenolic OH excluding ortho intramolecular Hbond substituents is 1. The highest BCUT2D eigenvalue weighted by molar-refractivity contribution is 6.68. The van der Waals surface area contributed by atoms with Gasteiger partial charge in [0.05, 0.1) is 10.6 Å². The van der Waals surface area contributed by atoms with Crippen LogP contribution in [-0.2, 0) is 0 Å². The van der Waals surface area contributed by atoms with Crippen LogP contribution in [0, 0.1) is 0 Å². The number of halogens is 2. The highest BCUT2D eigenvalue weighted by Crippen LogP contribution is 2.22. The molecule has 4 heteroatoms. The first kappa shape index (κ1) is 14.3. The van der Waals surface area contributed by atoms with E-state index in [-0.39, 0.29) is 16.3 Å². The molecule has 0 saturated carbocycles. The van der Waals surface area contributed by atoms with Gasteiger partial charge in [0.1, 0.15) is 5.75 Å². The summed E-state index contributed by atoms with van der Waals surface area (Å²) in [5.41, 5.74) is 0.200. The van der Waals surface area contributed by atoms with Gasteiger partial charge in [0.15, 0.2) is 0 Å². The maximum absolute atomic E-state index is 10.6. The minimum atomic E-state index is -0.630. The smallest absolute Gasteiger partial charge is 0.253 e. The van der Waals surface area contributed by atoms with Gasteiger partial charge in [-0.3, -0.25) is 4.79 Å². The molecule has 0 saturated heterocycles. The first-order chi connectivity index (χ1) is 7.02. The molecule has 1 rings (SSSR count). The summed E-state index contributed by atoms with van der Waals surface area (Å²) in [6.07, 6.45) is 2.64. The number of phenols is 1. The van der Waals surface area contributed by atoms with E-state index in [1.54, 1.807) is 0 Å². The molecular weight excluding hydrogens is 235 g/mol. The fourth-order valence-corrected chi connectivity index (χ4v) is 1.14. The maximum Gasteiger partial charge on any atom is 0.253 e. The number of hydrogen-bond donors (Lipinski definition) is 1. The van der Waals surface area contributed by atoms with Crippen molar-refractivity contribution in [2.24, 2.45) is 0 Å². The van der Waals surface area contributed by atoms with Crippen molar-refractivity contribution in [3.05, 3.63) is 28.8 Å². The summed E-state index contributed by atoms with van der Waals surface area (Å²) in [5.74, 6) is 0.0108. The Kier molecular flexibility index (Phi) is 7.18. The summed E-state index contributed by atoms with van der Waals surface area (Å²) in [6, 6.07) is 3.98. The molecule has 1 N–H and O–H groups in total. The van der Waals surface area contributed by atoms with Gasteiger partial charge in [-0.05, 0) is 29.8 Å². The molecule has 0 heterocycles. The largest absolute Gasteiger partial charge is 0.508 e. The van der Waals surface area contributed by atoms with E-state index >= 15 is 0 Å². The lowest BCUT2D eigenvalue weighted by Gasteiger charge is -1.97. The van der Waals surface area contributed by atoms with Crippen LogP contribution in [-0.4, -0.2) is 10.3 Å². The van der Waals surface area contributed by atoms with Crippen LogP contribution >= 0.6 is 23.2 Å². The molecule has 0 amide bonds. The zero-order valence-corrected chi connectivity index (χ0v) is 10.3. The van der Waals surface area contributed by atoms with Crippen molar-refractivity contribution in [1.29, 1.82) is 0 Å². The Hall–Kier alpha value is -0.730. The monoisotopic (exact) mass is 248 g/mol. The van der Waals surface area contributed by atoms with E-state index in [1.807, 2.05) is 0 Å². The van der Waals surface area contributed by atoms with Crippen LogP contribution in [0.5, 0.6) is 5.75 Å². The number of rotatable bonds is 2. The molecule has 0 aliphatic heterocycles. The Labute approximate surface area is 99.8 Å². The Balaban J connectivity index is 0.000000423. The molecule has 0 aliphatic rings. The second kappa shape index (κ2) is 7.55. The van der Waals surface area contributed by atoms with Gasteiger partial charge in [0.25, 0.3) is 5.24 Å². The zero-order chi connectivity index (χ0) is 11.8. The standard InChI is InChI=1S/C7H4Cl2O2.C4H10/c8-6-3-4(10)1-2-5(6)7(9)11;1-3-4-2/h1-3,10H;3-4H2,1-2H3. The van der Waals surface area contributed by atoms with Gasteiger partial charge < -0.3 is 5.11 Å². The third kappa shape index (κ3) is 5.65. The molecule has 84 valence electrons. The average molecular weight is 249 g/mol. The zero-order valence-electron chi connectivity index (χ0n) is 8.76. The molecule has 0 aromatic heterocycles. The van der Waals surface area contributed by atoms with Crippen LogP contribution in [0.4, 0.5) is 0 Å². The normalized spacial score (nSPS) is 9.07. The first-order valence-corrected chi connectivity index (χ1v) is 5.46. The SMILES string of the molecule is CCCC.O=C(Cl)c1ccc(O)cc1Cl. The minimum absolute atomic E-state index is 0.0108. The number of benzene rings is 1. The van der Waals surface area contributed by atoms with Crippen LogP contribution in [0.15, 0.2) is 18.2 Å². The third-order valence-corrected chi connectivity index (χ3v) is 2.18. The van der Waals surface area contributed by atoms with Crippen molar-refractivity contribution in [2.75, 3.05) is 0 Å². The summed E-state index contributed by atoms with van der Waals surface area (Å²) in [7, 11) is 0. The van der Waals surface area contributed by atoms with Crippen molar-refractivity contribution in [3.63, 3.8) is 0 Å². The molecule has 2 nitrogen and oxygen atoms in total. The van der Waals surface area contributed by atoms with Gasteiger partial charge in [-0.2, -0.15) is 0 Å². The summed E-state index contributed by atoms with van der Waals surface area (Å²) < 4.78 is 0. The molecule has 0 aliphatic carbocycles. The van der Waals surface area contributed by atoms with E-state index in [2.05, 4.69) is 13.8 Å². The van der Waals surface area contributed by atoms with Gasteiger partial charge in [0, 0.05) is 0 Å². The number of aromatic hydroxyl groups is 1. The second-order valence-electron chi connectivity index (χ2n) is 2.94. The highest BCUT2D eigenvalue weighted by Gasteiger charge is 2.06. The van der Waals surface area contributed by atoms with Gasteiger partial charge in [0.2, 0.25) is 0 Å². The highest BCUT2D eigenvalue weighted by atomic mass is 35.5. The number of carbonyl (C=O) groups is 1. The van der Waals surface area contributed by atoms with Crippen molar-refractivity contribution < 1.29 is 9.90 Å². The van der Waals surface area contributed by atoms with E-state index in [0.29, 0.717) is 0 Å². The Morgan fingerprint density at radius 1 is 1.33 bits per heavy atom. The molecule has 1 aromatic rings. The van der Waals surface area contributed by atoms with Gasteiger partial charge in [-0.25, -0.2) is 0 Å². The predicted octanol–water partition coefficient (Wildman–Crippen LogP) is 4.23. The van der Waals surface area contributed by atoms with Crippen molar-refractivity contribution >= 4 is 28.4 Å². The maximum atomic E-state index is 10.6. The summed E-state index contributed by atoms with van der Waals surface area (Å²) >= 11 is 10.7. The van der Waals surface area contributed by atoms with Gasteiger partial charge in [-0.1, -0.05) is 38.3 Å². The van der Waals surface area contributed by atoms with Crippen LogP contribution in [0.25, 0.3) is 0 Å². The Bertz CT molecular complexity index is 322. The van der Waals surface area contributed by atoms with E-state index in [9.17, 15) is 4.79 Å². The van der Waals surface area contributed by atoms with Crippen LogP contribution < -0.4 is 0 Å². The van der Waals surface area contributed by atoms with Crippen molar-refractivity contribution in [3.8, 4) is 5.75 Å². The van der Waals surface area contributed by atoms with Gasteiger partial charge >= 0.3 is 0 Å². The average Bonchev–Trinajstić information content (AvgIpc) is 2.17. The molecule has 0 fully saturated rings. The third-order valence-electron chi connectivity index (χ3n) is 1.66. The second-order valence-corrected chi connectivity index (χ2v) is 3.69. The van der Waals surface area contributed by atoms with Crippen LogP contribution in [0.3, 0.4) is 0 Å². The number of carbonyl (C=O) groups excluding carboxylic acids is 1. The predicted molar refractivity (Wildman–Crippen MR) is 63.9 cm³/mol. The van der Waals surface area contributed by atoms with Gasteiger partial charge in [-0.15, -0.1) is 0 Å². The molecule has 0 bridgehead atoms. The summed E-state index contributed by atoms with van der Waals surface area (Å²) in [4.78, 5) is 10.6. The molecule has 0 spiro atoms. The minimum Gasteiger partial charge on any atom is -0.508 e. The van der Waals surface area contributed by atoms with E-state index in [1.165, 1.54) is 31.0 Å². The number of unbranched alkanes of at least 4 members (excludes halogenated alkanes) is 1. The molecule has 0 radical (unpaired) electrons. The molecule has 1 aromatic carbocycles. The number of hydrogen-bond acceptors (Lipinski definition) is 2. The molecule has 0 unspecified atom stereocenters. The lowest BCUT2D eigenvalue weighted by molar-refractivity contribution is 0.108. The summed E-state index contributed by atoms with van der Waals surface area (Å²) in [5, 5.41) is 8.41. The lowest BCUT2D eigenvalue weighted by Crippen LogP contribution is -1.88. The fraction of sp³-hybridized carbons (Fsp3) is 0.364. The van der Waals surface area contributed by atoms with Crippen molar-refractivity contribution in [1.82, 2.24) is 0 Å². The van der Waals surface area contributed by atoms with E-state index in [4.69, 9.17) is 28.3 Å². The topological polar surface area (TPSA) is 37.3 Å². The quantitative estimate of drug-likeness (QED) is 0.796. The Morgan fingerprint density at radius 2 is 1.87 bits per heavy atom. The van der Waals surface area contributed by atoms with Crippen LogP contribution in [0.1, 0.15) is 37.0 Å². The Morgan fingerprint density at radius 3 is 2.20 bits per heavy atom. The van der Waals surface area contributed by atoms with E-state index < -0.39 is 5.24 Å². The molecular formula is C11H14Cl2O2. The van der Waals surface area contributed by atoms with E-state index in [0.717, 1.165) is 0 Å². The lowest BCUT2D eigenvalue weighted by atomic mass is 10.2.